The average molecular weight is 487 g/mol. The first-order valence-electron chi connectivity index (χ1n) is 12.5. The van der Waals surface area contributed by atoms with E-state index in [9.17, 15) is 5.11 Å². The molecule has 0 atom stereocenters. The zero-order valence-electron chi connectivity index (χ0n) is 21.6. The van der Waals surface area contributed by atoms with E-state index in [4.69, 9.17) is 19.6 Å². The summed E-state index contributed by atoms with van der Waals surface area (Å²) in [4.78, 5) is 14.6. The van der Waals surface area contributed by atoms with Gasteiger partial charge in [0.15, 0.2) is 17.5 Å². The zero-order valence-corrected chi connectivity index (χ0v) is 21.6. The molecule has 1 aromatic heterocycles. The van der Waals surface area contributed by atoms with Crippen LogP contribution >= 0.6 is 0 Å². The molecule has 0 aliphatic rings. The van der Waals surface area contributed by atoms with Crippen LogP contribution in [0.4, 0.5) is 0 Å². The molecule has 5 aromatic rings. The van der Waals surface area contributed by atoms with Crippen molar-refractivity contribution < 1.29 is 9.76 Å². The van der Waals surface area contributed by atoms with Gasteiger partial charge in [-0.05, 0) is 43.9 Å². The van der Waals surface area contributed by atoms with Crippen molar-refractivity contribution in [1.82, 2.24) is 15.0 Å². The highest BCUT2D eigenvalue weighted by atomic mass is 16.5. The predicted octanol–water partition coefficient (Wildman–Crippen LogP) is 5.57. The first-order chi connectivity index (χ1) is 17.7. The van der Waals surface area contributed by atoms with Crippen molar-refractivity contribution in [1.29, 1.82) is 0 Å². The summed E-state index contributed by atoms with van der Waals surface area (Å²) in [7, 11) is 0.375. The van der Waals surface area contributed by atoms with Gasteiger partial charge in [0, 0.05) is 16.7 Å². The van der Waals surface area contributed by atoms with Crippen LogP contribution in [0.15, 0.2) is 97.1 Å². The van der Waals surface area contributed by atoms with E-state index in [2.05, 4.69) is 18.2 Å². The molecule has 184 valence electrons. The fourth-order valence-corrected chi connectivity index (χ4v) is 4.06. The molecule has 4 aromatic carbocycles. The van der Waals surface area contributed by atoms with Crippen molar-refractivity contribution in [2.75, 3.05) is 0 Å². The molecule has 1 heterocycles. The Morgan fingerprint density at radius 3 is 1.68 bits per heavy atom. The Morgan fingerprint density at radius 1 is 0.595 bits per heavy atom. The van der Waals surface area contributed by atoms with Crippen molar-refractivity contribution in [3.63, 3.8) is 0 Å². The van der Waals surface area contributed by atoms with E-state index in [0.717, 1.165) is 32.9 Å². The highest BCUT2D eigenvalue weighted by Crippen LogP contribution is 2.30. The molecule has 0 bridgehead atoms. The minimum Gasteiger partial charge on any atom is -0.427 e. The largest absolute Gasteiger partial charge is 0.427 e. The number of aliphatic hydroxyl groups is 1. The third-order valence-corrected chi connectivity index (χ3v) is 7.01. The third-order valence-electron chi connectivity index (χ3n) is 7.01. The lowest BCUT2D eigenvalue weighted by atomic mass is 9.80. The van der Waals surface area contributed by atoms with Crippen molar-refractivity contribution in [2.24, 2.45) is 0 Å². The number of aromatic nitrogens is 3. The maximum Gasteiger partial charge on any atom is 0.310 e. The van der Waals surface area contributed by atoms with E-state index < -0.39 is 11.2 Å². The molecule has 37 heavy (non-hydrogen) atoms. The van der Waals surface area contributed by atoms with Gasteiger partial charge < -0.3 is 9.76 Å². The van der Waals surface area contributed by atoms with Gasteiger partial charge >= 0.3 is 7.48 Å². The Bertz CT molecular complexity index is 1470. The first-order valence-corrected chi connectivity index (χ1v) is 12.5. The van der Waals surface area contributed by atoms with Gasteiger partial charge in [0.2, 0.25) is 0 Å². The SMILES string of the molecule is CC(C)(O)C(C)(C)OBc1cccc2c(-c3nc(-c4ccccc4)nc(-c4ccccc4)n3)cccc12. The topological polar surface area (TPSA) is 68.1 Å². The number of rotatable bonds is 7. The summed E-state index contributed by atoms with van der Waals surface area (Å²) in [5.41, 5.74) is 2.15. The van der Waals surface area contributed by atoms with Crippen molar-refractivity contribution in [2.45, 2.75) is 38.9 Å². The number of nitrogens with zero attached hydrogens (tertiary/aromatic N) is 3. The van der Waals surface area contributed by atoms with Crippen molar-refractivity contribution in [3.8, 4) is 34.2 Å². The van der Waals surface area contributed by atoms with Gasteiger partial charge in [-0.15, -0.1) is 0 Å². The summed E-state index contributed by atoms with van der Waals surface area (Å²) < 4.78 is 6.20. The quantitative estimate of drug-likeness (QED) is 0.304. The number of benzene rings is 4. The van der Waals surface area contributed by atoms with Crippen LogP contribution in [0.1, 0.15) is 27.7 Å². The lowest BCUT2D eigenvalue weighted by molar-refractivity contribution is -0.0893. The van der Waals surface area contributed by atoms with E-state index in [-0.39, 0.29) is 0 Å². The van der Waals surface area contributed by atoms with Crippen molar-refractivity contribution in [3.05, 3.63) is 97.1 Å². The normalized spacial score (nSPS) is 12.0. The molecule has 5 nitrogen and oxygen atoms in total. The average Bonchev–Trinajstić information content (AvgIpc) is 2.91. The Kier molecular flexibility index (Phi) is 6.63. The Balaban J connectivity index is 1.63. The van der Waals surface area contributed by atoms with E-state index in [1.54, 1.807) is 13.8 Å². The fraction of sp³-hybridized carbons (Fsp3) is 0.194. The third kappa shape index (κ3) is 5.17. The van der Waals surface area contributed by atoms with Crippen LogP contribution in [0, 0.1) is 0 Å². The lowest BCUT2D eigenvalue weighted by Gasteiger charge is -2.37. The summed E-state index contributed by atoms with van der Waals surface area (Å²) >= 11 is 0. The van der Waals surface area contributed by atoms with E-state index in [1.165, 1.54) is 0 Å². The van der Waals surface area contributed by atoms with Crippen LogP contribution in [0.5, 0.6) is 0 Å². The molecule has 0 amide bonds. The van der Waals surface area contributed by atoms with E-state index in [0.29, 0.717) is 25.0 Å². The smallest absolute Gasteiger partial charge is 0.310 e. The summed E-state index contributed by atoms with van der Waals surface area (Å²) in [6, 6.07) is 32.3. The molecule has 6 heteroatoms. The Morgan fingerprint density at radius 2 is 1.11 bits per heavy atom. The molecule has 0 saturated heterocycles. The van der Waals surface area contributed by atoms with Gasteiger partial charge in [0.1, 0.15) is 0 Å². The number of fused-ring (bicyclic) bond motifs is 1. The van der Waals surface area contributed by atoms with Gasteiger partial charge in [0.05, 0.1) is 11.2 Å². The van der Waals surface area contributed by atoms with Gasteiger partial charge in [-0.2, -0.15) is 0 Å². The minimum absolute atomic E-state index is 0.375. The molecule has 0 aliphatic carbocycles. The highest BCUT2D eigenvalue weighted by molar-refractivity contribution is 6.51. The molecule has 0 saturated carbocycles. The van der Waals surface area contributed by atoms with Gasteiger partial charge in [-0.3, -0.25) is 0 Å². The molecule has 0 spiro atoms. The molecule has 0 aliphatic heterocycles. The second-order valence-electron chi connectivity index (χ2n) is 10.2. The monoisotopic (exact) mass is 487 g/mol. The predicted molar refractivity (Wildman–Crippen MR) is 152 cm³/mol. The van der Waals surface area contributed by atoms with Gasteiger partial charge in [0.25, 0.3) is 0 Å². The molecular formula is C31H30BN3O2. The minimum atomic E-state index is -0.977. The van der Waals surface area contributed by atoms with Crippen LogP contribution < -0.4 is 5.46 Å². The van der Waals surface area contributed by atoms with Crippen LogP contribution in [0.25, 0.3) is 44.9 Å². The molecule has 5 rings (SSSR count). The molecule has 0 radical (unpaired) electrons. The summed E-state index contributed by atoms with van der Waals surface area (Å²) in [6.45, 7) is 7.35. The summed E-state index contributed by atoms with van der Waals surface area (Å²) in [6.07, 6.45) is 0. The van der Waals surface area contributed by atoms with E-state index in [1.807, 2.05) is 92.7 Å². The van der Waals surface area contributed by atoms with Crippen LogP contribution in [0.3, 0.4) is 0 Å². The molecule has 0 fully saturated rings. The summed E-state index contributed by atoms with van der Waals surface area (Å²) in [5.74, 6) is 1.88. The maximum atomic E-state index is 10.5. The van der Waals surface area contributed by atoms with Crippen LogP contribution in [-0.4, -0.2) is 38.7 Å². The Labute approximate surface area is 218 Å². The second-order valence-corrected chi connectivity index (χ2v) is 10.2. The van der Waals surface area contributed by atoms with Crippen molar-refractivity contribution >= 4 is 23.7 Å². The van der Waals surface area contributed by atoms with Gasteiger partial charge in [-0.25, -0.2) is 15.0 Å². The standard InChI is InChI=1S/C31H30BN3O2/c1-30(2,36)31(3,4)37-32-26-20-12-17-23-24(26)18-11-19-25(23)29-34-27(21-13-7-5-8-14-21)33-28(35-29)22-15-9-6-10-16-22/h5-20,32,36H,1-4H3. The second kappa shape index (κ2) is 9.89. The van der Waals surface area contributed by atoms with Gasteiger partial charge in [-0.1, -0.05) is 97.1 Å². The number of hydrogen-bond acceptors (Lipinski definition) is 5. The molecule has 1 N–H and O–H groups in total. The molecule has 0 unspecified atom stereocenters. The lowest BCUT2D eigenvalue weighted by Crippen LogP contribution is -2.49. The van der Waals surface area contributed by atoms with Crippen LogP contribution in [0.2, 0.25) is 0 Å². The van der Waals surface area contributed by atoms with Crippen LogP contribution in [-0.2, 0) is 4.65 Å². The van der Waals surface area contributed by atoms with E-state index >= 15 is 0 Å². The number of hydrogen-bond donors (Lipinski definition) is 1. The zero-order chi connectivity index (χ0) is 26.0. The highest BCUT2D eigenvalue weighted by Gasteiger charge is 2.35. The molecular weight excluding hydrogens is 457 g/mol. The first kappa shape index (κ1) is 24.8. The summed E-state index contributed by atoms with van der Waals surface area (Å²) in [5, 5.41) is 12.6. The maximum absolute atomic E-state index is 10.5. The Hall–Kier alpha value is -3.87. The fourth-order valence-electron chi connectivity index (χ4n) is 4.06.